The summed E-state index contributed by atoms with van der Waals surface area (Å²) in [5, 5.41) is 12.4. The number of carbonyl (C=O) groups is 1. The van der Waals surface area contributed by atoms with E-state index >= 15 is 0 Å². The van der Waals surface area contributed by atoms with Crippen LogP contribution in [0.5, 0.6) is 0 Å². The molecular weight excluding hydrogens is 338 g/mol. The minimum Gasteiger partial charge on any atom is -0.326 e. The molecule has 0 spiro atoms. The van der Waals surface area contributed by atoms with E-state index in [1.807, 2.05) is 27.8 Å². The van der Waals surface area contributed by atoms with Crippen molar-refractivity contribution in [2.24, 2.45) is 0 Å². The highest BCUT2D eigenvalue weighted by atomic mass is 16.2. The molecule has 1 saturated heterocycles. The van der Waals surface area contributed by atoms with Gasteiger partial charge >= 0.3 is 0 Å². The molecule has 2 aromatic carbocycles. The zero-order chi connectivity index (χ0) is 18.9. The second-order valence-electron chi connectivity index (χ2n) is 7.39. The first-order chi connectivity index (χ1) is 13.1. The Morgan fingerprint density at radius 2 is 1.70 bits per heavy atom. The Morgan fingerprint density at radius 3 is 2.44 bits per heavy atom. The number of nitrogens with zero attached hydrogens (tertiary/aromatic N) is 5. The fourth-order valence-corrected chi connectivity index (χ4v) is 3.72. The molecule has 1 atom stereocenters. The molecular formula is C21H23N5O. The van der Waals surface area contributed by atoms with E-state index < -0.39 is 5.54 Å². The van der Waals surface area contributed by atoms with Crippen LogP contribution >= 0.6 is 0 Å². The Morgan fingerprint density at radius 1 is 1.00 bits per heavy atom. The number of likely N-dealkylation sites (tertiary alicyclic amines) is 1. The molecule has 1 aliphatic rings. The van der Waals surface area contributed by atoms with Gasteiger partial charge < -0.3 is 4.90 Å². The van der Waals surface area contributed by atoms with Crippen molar-refractivity contribution in [3.63, 3.8) is 0 Å². The van der Waals surface area contributed by atoms with E-state index in [2.05, 4.69) is 65.8 Å². The lowest BCUT2D eigenvalue weighted by molar-refractivity contribution is -0.132. The van der Waals surface area contributed by atoms with Gasteiger partial charge in [0.1, 0.15) is 5.54 Å². The SMILES string of the molecule is Cc1ccc(CN2C(=O)CCC2(C)c2nnnn2Cc2ccccc2)cc1. The fourth-order valence-electron chi connectivity index (χ4n) is 3.72. The smallest absolute Gasteiger partial charge is 0.223 e. The average molecular weight is 361 g/mol. The van der Waals surface area contributed by atoms with Crippen LogP contribution < -0.4 is 0 Å². The van der Waals surface area contributed by atoms with E-state index in [9.17, 15) is 4.79 Å². The van der Waals surface area contributed by atoms with Crippen molar-refractivity contribution in [2.75, 3.05) is 0 Å². The van der Waals surface area contributed by atoms with Gasteiger partial charge in [-0.3, -0.25) is 4.79 Å². The summed E-state index contributed by atoms with van der Waals surface area (Å²) in [7, 11) is 0. The molecule has 0 N–H and O–H groups in total. The first-order valence-electron chi connectivity index (χ1n) is 9.23. The van der Waals surface area contributed by atoms with Crippen LogP contribution in [0, 0.1) is 6.92 Å². The average Bonchev–Trinajstić information content (AvgIpc) is 3.25. The predicted molar refractivity (Wildman–Crippen MR) is 102 cm³/mol. The first-order valence-corrected chi connectivity index (χ1v) is 9.23. The summed E-state index contributed by atoms with van der Waals surface area (Å²) >= 11 is 0. The van der Waals surface area contributed by atoms with Gasteiger partial charge in [0.2, 0.25) is 5.91 Å². The Kier molecular flexibility index (Phi) is 4.48. The van der Waals surface area contributed by atoms with Gasteiger partial charge in [0.25, 0.3) is 0 Å². The van der Waals surface area contributed by atoms with Gasteiger partial charge in [0, 0.05) is 13.0 Å². The quantitative estimate of drug-likeness (QED) is 0.701. The van der Waals surface area contributed by atoms with Gasteiger partial charge in [-0.15, -0.1) is 5.10 Å². The van der Waals surface area contributed by atoms with Crippen LogP contribution in [0.4, 0.5) is 0 Å². The third kappa shape index (κ3) is 3.35. The van der Waals surface area contributed by atoms with E-state index in [4.69, 9.17) is 0 Å². The number of benzene rings is 2. The number of amides is 1. The van der Waals surface area contributed by atoms with Crippen LogP contribution in [0.25, 0.3) is 0 Å². The number of hydrogen-bond acceptors (Lipinski definition) is 4. The standard InChI is InChI=1S/C21H23N5O/c1-16-8-10-18(11-9-16)14-25-19(27)12-13-21(25,2)20-22-23-24-26(20)15-17-6-4-3-5-7-17/h3-11H,12-15H2,1-2H3. The van der Waals surface area contributed by atoms with E-state index in [-0.39, 0.29) is 5.91 Å². The summed E-state index contributed by atoms with van der Waals surface area (Å²) in [6, 6.07) is 18.4. The third-order valence-corrected chi connectivity index (χ3v) is 5.37. The van der Waals surface area contributed by atoms with Crippen LogP contribution in [-0.2, 0) is 23.4 Å². The third-order valence-electron chi connectivity index (χ3n) is 5.37. The Bertz CT molecular complexity index is 935. The van der Waals surface area contributed by atoms with Crippen molar-refractivity contribution in [1.29, 1.82) is 0 Å². The number of aryl methyl sites for hydroxylation is 1. The fraction of sp³-hybridized carbons (Fsp3) is 0.333. The van der Waals surface area contributed by atoms with Crippen LogP contribution in [0.2, 0.25) is 0 Å². The molecule has 1 fully saturated rings. The maximum Gasteiger partial charge on any atom is 0.223 e. The number of hydrogen-bond donors (Lipinski definition) is 0. The molecule has 1 amide bonds. The molecule has 2 heterocycles. The molecule has 1 aliphatic heterocycles. The number of carbonyl (C=O) groups excluding carboxylic acids is 1. The lowest BCUT2D eigenvalue weighted by Crippen LogP contribution is -2.42. The zero-order valence-corrected chi connectivity index (χ0v) is 15.7. The van der Waals surface area contributed by atoms with Crippen LogP contribution in [0.1, 0.15) is 42.3 Å². The van der Waals surface area contributed by atoms with Crippen molar-refractivity contribution in [3.8, 4) is 0 Å². The molecule has 4 rings (SSSR count). The summed E-state index contributed by atoms with van der Waals surface area (Å²) in [4.78, 5) is 14.6. The molecule has 6 heteroatoms. The molecule has 27 heavy (non-hydrogen) atoms. The molecule has 6 nitrogen and oxygen atoms in total. The van der Waals surface area contributed by atoms with Gasteiger partial charge in [0.05, 0.1) is 6.54 Å². The van der Waals surface area contributed by atoms with Crippen molar-refractivity contribution in [2.45, 2.75) is 45.3 Å². The highest BCUT2D eigenvalue weighted by Crippen LogP contribution is 2.39. The molecule has 0 aliphatic carbocycles. The Labute approximate surface area is 158 Å². The topological polar surface area (TPSA) is 63.9 Å². The normalized spacial score (nSPS) is 19.6. The maximum atomic E-state index is 12.7. The van der Waals surface area contributed by atoms with Crippen LogP contribution in [-0.4, -0.2) is 31.0 Å². The number of rotatable bonds is 5. The summed E-state index contributed by atoms with van der Waals surface area (Å²) < 4.78 is 1.82. The van der Waals surface area contributed by atoms with E-state index in [0.29, 0.717) is 25.9 Å². The van der Waals surface area contributed by atoms with Gasteiger partial charge in [0.15, 0.2) is 5.82 Å². The monoisotopic (exact) mass is 361 g/mol. The Hall–Kier alpha value is -3.02. The van der Waals surface area contributed by atoms with Crippen LogP contribution in [0.3, 0.4) is 0 Å². The maximum absolute atomic E-state index is 12.7. The summed E-state index contributed by atoms with van der Waals surface area (Å²) in [6.07, 6.45) is 1.23. The lowest BCUT2D eigenvalue weighted by Gasteiger charge is -2.34. The van der Waals surface area contributed by atoms with E-state index in [0.717, 1.165) is 17.0 Å². The summed E-state index contributed by atoms with van der Waals surface area (Å²) in [5.41, 5.74) is 2.94. The minimum absolute atomic E-state index is 0.146. The number of aromatic nitrogens is 4. The molecule has 0 saturated carbocycles. The van der Waals surface area contributed by atoms with Crippen molar-refractivity contribution in [1.82, 2.24) is 25.1 Å². The molecule has 3 aromatic rings. The second-order valence-corrected chi connectivity index (χ2v) is 7.39. The second kappa shape index (κ2) is 6.95. The molecule has 0 bridgehead atoms. The minimum atomic E-state index is -0.514. The highest BCUT2D eigenvalue weighted by molar-refractivity contribution is 5.79. The largest absolute Gasteiger partial charge is 0.326 e. The van der Waals surface area contributed by atoms with Gasteiger partial charge in [-0.2, -0.15) is 0 Å². The summed E-state index contributed by atoms with van der Waals surface area (Å²) in [5.74, 6) is 0.886. The molecule has 0 radical (unpaired) electrons. The first kappa shape index (κ1) is 17.4. The van der Waals surface area contributed by atoms with Crippen molar-refractivity contribution < 1.29 is 4.79 Å². The van der Waals surface area contributed by atoms with Gasteiger partial charge in [-0.05, 0) is 41.8 Å². The van der Waals surface area contributed by atoms with Crippen LogP contribution in [0.15, 0.2) is 54.6 Å². The van der Waals surface area contributed by atoms with Crippen molar-refractivity contribution >= 4 is 5.91 Å². The highest BCUT2D eigenvalue weighted by Gasteiger charge is 2.46. The number of tetrazole rings is 1. The van der Waals surface area contributed by atoms with E-state index in [1.54, 1.807) is 0 Å². The Balaban J connectivity index is 1.64. The zero-order valence-electron chi connectivity index (χ0n) is 15.7. The predicted octanol–water partition coefficient (Wildman–Crippen LogP) is 3.07. The lowest BCUT2D eigenvalue weighted by atomic mass is 9.97. The molecule has 1 unspecified atom stereocenters. The van der Waals surface area contributed by atoms with E-state index in [1.165, 1.54) is 5.56 Å². The van der Waals surface area contributed by atoms with Gasteiger partial charge in [-0.1, -0.05) is 60.2 Å². The summed E-state index contributed by atoms with van der Waals surface area (Å²) in [6.45, 7) is 5.28. The molecule has 1 aromatic heterocycles. The van der Waals surface area contributed by atoms with Crippen molar-refractivity contribution in [3.05, 3.63) is 77.1 Å². The van der Waals surface area contributed by atoms with Gasteiger partial charge in [-0.25, -0.2) is 4.68 Å². The molecule has 138 valence electrons.